The molecule has 0 saturated heterocycles. The predicted molar refractivity (Wildman–Crippen MR) is 88.6 cm³/mol. The van der Waals surface area contributed by atoms with Crippen LogP contribution in [0.25, 0.3) is 0 Å². The number of carboxylic acid groups (broad SMARTS) is 1. The Hall–Kier alpha value is -1.84. The maximum absolute atomic E-state index is 13.1. The first-order chi connectivity index (χ1) is 11.1. The smallest absolute Gasteiger partial charge is 0.313 e. The quantitative estimate of drug-likeness (QED) is 0.919. The monoisotopic (exact) mass is 315 g/mol. The number of fused-ring (bicyclic) bond motifs is 1. The zero-order chi connectivity index (χ0) is 16.4. The molecule has 1 amide bonds. The lowest BCUT2D eigenvalue weighted by Crippen LogP contribution is -2.55. The molecule has 1 aromatic carbocycles. The van der Waals surface area contributed by atoms with Gasteiger partial charge in [0, 0.05) is 17.6 Å². The van der Waals surface area contributed by atoms with Gasteiger partial charge in [-0.1, -0.05) is 50.8 Å². The van der Waals surface area contributed by atoms with Gasteiger partial charge in [-0.15, -0.1) is 0 Å². The summed E-state index contributed by atoms with van der Waals surface area (Å²) in [4.78, 5) is 27.0. The topological polar surface area (TPSA) is 57.6 Å². The third-order valence-corrected chi connectivity index (χ3v) is 5.32. The SMILES string of the molecule is CCC[C@@H]1[C@H](C(=O)O)c2ccccc2C(=O)N1C1CCCCC1. The van der Waals surface area contributed by atoms with Gasteiger partial charge in [0.05, 0.1) is 0 Å². The fourth-order valence-corrected chi connectivity index (χ4v) is 4.32. The molecule has 3 rings (SSSR count). The molecule has 4 heteroatoms. The highest BCUT2D eigenvalue weighted by Gasteiger charge is 2.45. The second kappa shape index (κ2) is 6.73. The Morgan fingerprint density at radius 2 is 1.91 bits per heavy atom. The van der Waals surface area contributed by atoms with E-state index in [-0.39, 0.29) is 18.0 Å². The van der Waals surface area contributed by atoms with Crippen LogP contribution in [0, 0.1) is 0 Å². The molecular formula is C19H25NO3. The Morgan fingerprint density at radius 3 is 2.57 bits per heavy atom. The minimum absolute atomic E-state index is 0.0310. The highest BCUT2D eigenvalue weighted by atomic mass is 16.4. The van der Waals surface area contributed by atoms with Crippen LogP contribution in [-0.4, -0.2) is 34.0 Å². The summed E-state index contributed by atoms with van der Waals surface area (Å²) in [5, 5.41) is 9.85. The molecule has 1 N–H and O–H groups in total. The van der Waals surface area contributed by atoms with Gasteiger partial charge in [-0.2, -0.15) is 0 Å². The highest BCUT2D eigenvalue weighted by molar-refractivity contribution is 6.00. The predicted octanol–water partition coefficient (Wildman–Crippen LogP) is 3.81. The lowest BCUT2D eigenvalue weighted by atomic mass is 9.79. The average Bonchev–Trinajstić information content (AvgIpc) is 2.56. The Balaban J connectivity index is 2.06. The lowest BCUT2D eigenvalue weighted by Gasteiger charge is -2.46. The van der Waals surface area contributed by atoms with E-state index < -0.39 is 11.9 Å². The number of hydrogen-bond donors (Lipinski definition) is 1. The number of aliphatic carboxylic acids is 1. The molecule has 1 aromatic rings. The highest BCUT2D eigenvalue weighted by Crippen LogP contribution is 2.39. The number of rotatable bonds is 4. The maximum Gasteiger partial charge on any atom is 0.313 e. The summed E-state index contributed by atoms with van der Waals surface area (Å²) in [6.07, 6.45) is 7.11. The minimum atomic E-state index is -0.816. The van der Waals surface area contributed by atoms with E-state index in [0.717, 1.165) is 38.5 Å². The van der Waals surface area contributed by atoms with Crippen molar-refractivity contribution >= 4 is 11.9 Å². The molecule has 1 fully saturated rings. The summed E-state index contributed by atoms with van der Waals surface area (Å²) in [5.74, 6) is -1.39. The zero-order valence-corrected chi connectivity index (χ0v) is 13.7. The van der Waals surface area contributed by atoms with E-state index in [1.807, 2.05) is 23.1 Å². The molecule has 2 atom stereocenters. The molecule has 4 nitrogen and oxygen atoms in total. The van der Waals surface area contributed by atoms with Crippen molar-refractivity contribution in [2.75, 3.05) is 0 Å². The molecule has 0 spiro atoms. The molecule has 124 valence electrons. The van der Waals surface area contributed by atoms with Crippen LogP contribution in [-0.2, 0) is 4.79 Å². The first-order valence-electron chi connectivity index (χ1n) is 8.79. The molecule has 1 aliphatic heterocycles. The Morgan fingerprint density at radius 1 is 1.22 bits per heavy atom. The van der Waals surface area contributed by atoms with E-state index in [4.69, 9.17) is 0 Å². The molecule has 0 bridgehead atoms. The van der Waals surface area contributed by atoms with Crippen molar-refractivity contribution in [3.63, 3.8) is 0 Å². The average molecular weight is 315 g/mol. The summed E-state index contributed by atoms with van der Waals surface area (Å²) in [6, 6.07) is 7.24. The summed E-state index contributed by atoms with van der Waals surface area (Å²) >= 11 is 0. The van der Waals surface area contributed by atoms with Crippen molar-refractivity contribution in [3.8, 4) is 0 Å². The summed E-state index contributed by atoms with van der Waals surface area (Å²) in [6.45, 7) is 2.06. The van der Waals surface area contributed by atoms with Crippen LogP contribution in [0.5, 0.6) is 0 Å². The van der Waals surface area contributed by atoms with Gasteiger partial charge in [-0.05, 0) is 30.9 Å². The molecule has 1 aliphatic carbocycles. The second-order valence-electron chi connectivity index (χ2n) is 6.76. The van der Waals surface area contributed by atoms with Gasteiger partial charge in [0.2, 0.25) is 0 Å². The number of carbonyl (C=O) groups is 2. The Labute approximate surface area is 137 Å². The van der Waals surface area contributed by atoms with Gasteiger partial charge < -0.3 is 10.0 Å². The molecular weight excluding hydrogens is 290 g/mol. The van der Waals surface area contributed by atoms with Gasteiger partial charge in [0.1, 0.15) is 5.92 Å². The number of benzene rings is 1. The fourth-order valence-electron chi connectivity index (χ4n) is 4.32. The van der Waals surface area contributed by atoms with Crippen LogP contribution in [0.2, 0.25) is 0 Å². The number of carbonyl (C=O) groups excluding carboxylic acids is 1. The Kier molecular flexibility index (Phi) is 4.69. The largest absolute Gasteiger partial charge is 0.481 e. The van der Waals surface area contributed by atoms with Crippen LogP contribution < -0.4 is 0 Å². The van der Waals surface area contributed by atoms with E-state index >= 15 is 0 Å². The van der Waals surface area contributed by atoms with E-state index in [9.17, 15) is 14.7 Å². The maximum atomic E-state index is 13.1. The lowest BCUT2D eigenvalue weighted by molar-refractivity contribution is -0.141. The summed E-state index contributed by atoms with van der Waals surface area (Å²) in [7, 11) is 0. The van der Waals surface area contributed by atoms with Crippen molar-refractivity contribution in [3.05, 3.63) is 35.4 Å². The molecule has 1 saturated carbocycles. The van der Waals surface area contributed by atoms with Crippen LogP contribution >= 0.6 is 0 Å². The van der Waals surface area contributed by atoms with Gasteiger partial charge in [-0.3, -0.25) is 9.59 Å². The normalized spacial score (nSPS) is 25.3. The molecule has 2 aliphatic rings. The van der Waals surface area contributed by atoms with E-state index in [0.29, 0.717) is 11.1 Å². The van der Waals surface area contributed by atoms with Crippen LogP contribution in [0.15, 0.2) is 24.3 Å². The first kappa shape index (κ1) is 16.0. The number of hydrogen-bond acceptors (Lipinski definition) is 2. The standard InChI is InChI=1S/C19H25NO3/c1-2-8-16-17(19(22)23)14-11-6-7-12-15(14)18(21)20(16)13-9-4-3-5-10-13/h6-7,11-13,16-17H,2-5,8-10H2,1H3,(H,22,23)/t16-,17-/m1/s1. The minimum Gasteiger partial charge on any atom is -0.481 e. The van der Waals surface area contributed by atoms with Crippen molar-refractivity contribution < 1.29 is 14.7 Å². The van der Waals surface area contributed by atoms with Crippen molar-refractivity contribution in [1.82, 2.24) is 4.90 Å². The Bertz CT molecular complexity index is 592. The molecule has 0 aromatic heterocycles. The van der Waals surface area contributed by atoms with Gasteiger partial charge in [-0.25, -0.2) is 0 Å². The van der Waals surface area contributed by atoms with Gasteiger partial charge >= 0.3 is 5.97 Å². The van der Waals surface area contributed by atoms with E-state index in [1.165, 1.54) is 6.42 Å². The number of amides is 1. The van der Waals surface area contributed by atoms with Crippen LogP contribution in [0.3, 0.4) is 0 Å². The summed E-state index contributed by atoms with van der Waals surface area (Å²) < 4.78 is 0. The fraction of sp³-hybridized carbons (Fsp3) is 0.579. The molecule has 23 heavy (non-hydrogen) atoms. The third kappa shape index (κ3) is 2.87. The van der Waals surface area contributed by atoms with Crippen LogP contribution in [0.1, 0.15) is 73.7 Å². The first-order valence-corrected chi connectivity index (χ1v) is 8.79. The van der Waals surface area contributed by atoms with E-state index in [1.54, 1.807) is 6.07 Å². The van der Waals surface area contributed by atoms with Gasteiger partial charge in [0.15, 0.2) is 0 Å². The molecule has 0 radical (unpaired) electrons. The molecule has 0 unspecified atom stereocenters. The van der Waals surface area contributed by atoms with E-state index in [2.05, 4.69) is 6.92 Å². The number of nitrogens with zero attached hydrogens (tertiary/aromatic N) is 1. The summed E-state index contributed by atoms with van der Waals surface area (Å²) in [5.41, 5.74) is 1.27. The van der Waals surface area contributed by atoms with Crippen molar-refractivity contribution in [2.45, 2.75) is 69.9 Å². The van der Waals surface area contributed by atoms with Crippen LogP contribution in [0.4, 0.5) is 0 Å². The van der Waals surface area contributed by atoms with Gasteiger partial charge in [0.25, 0.3) is 5.91 Å². The molecule has 1 heterocycles. The zero-order valence-electron chi connectivity index (χ0n) is 13.7. The van der Waals surface area contributed by atoms with Crippen molar-refractivity contribution in [2.24, 2.45) is 0 Å². The van der Waals surface area contributed by atoms with Crippen molar-refractivity contribution in [1.29, 1.82) is 0 Å². The second-order valence-corrected chi connectivity index (χ2v) is 6.76. The number of carboxylic acids is 1. The third-order valence-electron chi connectivity index (χ3n) is 5.32.